The van der Waals surface area contributed by atoms with Gasteiger partial charge in [0.1, 0.15) is 0 Å². The van der Waals surface area contributed by atoms with Crippen LogP contribution < -0.4 is 10.2 Å². The maximum atomic E-state index is 4.81. The van der Waals surface area contributed by atoms with Gasteiger partial charge in [0.25, 0.3) is 0 Å². The standard InChI is InChI=1S/C19H30N4/c1-15-12-18(13-19(21-15)16-6-7-20-14-16)23-10-8-22(9-11-23)17-4-2-3-5-17/h12-13,16-17,20H,2-11,14H2,1H3/t16-/m1/s1. The van der Waals surface area contributed by atoms with Gasteiger partial charge in [-0.3, -0.25) is 9.88 Å². The van der Waals surface area contributed by atoms with Crippen molar-refractivity contribution in [1.82, 2.24) is 15.2 Å². The predicted octanol–water partition coefficient (Wildman–Crippen LogP) is 2.53. The fraction of sp³-hybridized carbons (Fsp3) is 0.737. The summed E-state index contributed by atoms with van der Waals surface area (Å²) in [7, 11) is 0. The fourth-order valence-electron chi connectivity index (χ4n) is 4.59. The van der Waals surface area contributed by atoms with Gasteiger partial charge >= 0.3 is 0 Å². The van der Waals surface area contributed by atoms with Crippen LogP contribution in [0.2, 0.25) is 0 Å². The minimum atomic E-state index is 0.605. The van der Waals surface area contributed by atoms with Gasteiger partial charge in [-0.15, -0.1) is 0 Å². The second-order valence-electron chi connectivity index (χ2n) is 7.54. The molecule has 23 heavy (non-hydrogen) atoms. The SMILES string of the molecule is Cc1cc(N2CCN(C3CCCC3)CC2)cc([C@@H]2CCNC2)n1. The van der Waals surface area contributed by atoms with Gasteiger partial charge in [0.05, 0.1) is 0 Å². The zero-order chi connectivity index (χ0) is 15.6. The molecule has 1 aromatic rings. The lowest BCUT2D eigenvalue weighted by Gasteiger charge is -2.39. The molecule has 1 aromatic heterocycles. The molecule has 0 bridgehead atoms. The van der Waals surface area contributed by atoms with Crippen molar-refractivity contribution in [3.63, 3.8) is 0 Å². The smallest absolute Gasteiger partial charge is 0.0471 e. The minimum absolute atomic E-state index is 0.605. The summed E-state index contributed by atoms with van der Waals surface area (Å²) < 4.78 is 0. The highest BCUT2D eigenvalue weighted by Crippen LogP contribution is 2.28. The summed E-state index contributed by atoms with van der Waals surface area (Å²) in [5.41, 5.74) is 3.86. The normalized spacial score (nSPS) is 27.0. The maximum absolute atomic E-state index is 4.81. The number of aromatic nitrogens is 1. The van der Waals surface area contributed by atoms with Crippen molar-refractivity contribution in [2.75, 3.05) is 44.2 Å². The minimum Gasteiger partial charge on any atom is -0.369 e. The van der Waals surface area contributed by atoms with Crippen molar-refractivity contribution in [3.05, 3.63) is 23.5 Å². The molecular weight excluding hydrogens is 284 g/mol. The van der Waals surface area contributed by atoms with Crippen molar-refractivity contribution in [3.8, 4) is 0 Å². The Balaban J connectivity index is 1.43. The molecule has 1 saturated carbocycles. The van der Waals surface area contributed by atoms with Crippen molar-refractivity contribution < 1.29 is 0 Å². The molecule has 0 unspecified atom stereocenters. The molecule has 3 heterocycles. The van der Waals surface area contributed by atoms with Crippen LogP contribution in [0, 0.1) is 6.92 Å². The van der Waals surface area contributed by atoms with E-state index in [1.54, 1.807) is 0 Å². The van der Waals surface area contributed by atoms with Gasteiger partial charge in [0, 0.05) is 61.8 Å². The summed E-state index contributed by atoms with van der Waals surface area (Å²) >= 11 is 0. The van der Waals surface area contributed by atoms with Gasteiger partial charge in [-0.1, -0.05) is 12.8 Å². The molecule has 0 amide bonds. The van der Waals surface area contributed by atoms with Crippen LogP contribution in [0.4, 0.5) is 5.69 Å². The lowest BCUT2D eigenvalue weighted by molar-refractivity contribution is 0.187. The summed E-state index contributed by atoms with van der Waals surface area (Å²) in [6, 6.07) is 5.50. The number of nitrogens with zero attached hydrogens (tertiary/aromatic N) is 3. The highest BCUT2D eigenvalue weighted by Gasteiger charge is 2.27. The first-order valence-electron chi connectivity index (χ1n) is 9.48. The number of piperazine rings is 1. The molecule has 2 aliphatic heterocycles. The Kier molecular flexibility index (Phi) is 4.54. The van der Waals surface area contributed by atoms with Crippen LogP contribution in [-0.4, -0.2) is 55.2 Å². The molecule has 4 nitrogen and oxygen atoms in total. The molecule has 3 aliphatic rings. The molecule has 1 N–H and O–H groups in total. The number of pyridine rings is 1. The van der Waals surface area contributed by atoms with E-state index >= 15 is 0 Å². The summed E-state index contributed by atoms with van der Waals surface area (Å²) in [6.07, 6.45) is 6.95. The van der Waals surface area contributed by atoms with Crippen LogP contribution in [0.5, 0.6) is 0 Å². The second-order valence-corrected chi connectivity index (χ2v) is 7.54. The largest absolute Gasteiger partial charge is 0.369 e. The third-order valence-corrected chi connectivity index (χ3v) is 5.96. The molecule has 4 rings (SSSR count). The number of hydrogen-bond acceptors (Lipinski definition) is 4. The highest BCUT2D eigenvalue weighted by atomic mass is 15.3. The monoisotopic (exact) mass is 314 g/mol. The lowest BCUT2D eigenvalue weighted by atomic mass is 10.0. The Hall–Kier alpha value is -1.13. The Morgan fingerprint density at radius 2 is 1.83 bits per heavy atom. The van der Waals surface area contributed by atoms with Gasteiger partial charge in [-0.05, 0) is 44.9 Å². The van der Waals surface area contributed by atoms with E-state index in [9.17, 15) is 0 Å². The maximum Gasteiger partial charge on any atom is 0.0471 e. The molecule has 4 heteroatoms. The van der Waals surface area contributed by atoms with E-state index in [1.165, 1.54) is 75.4 Å². The van der Waals surface area contributed by atoms with Gasteiger partial charge in [0.15, 0.2) is 0 Å². The van der Waals surface area contributed by atoms with Crippen molar-refractivity contribution in [2.24, 2.45) is 0 Å². The Morgan fingerprint density at radius 1 is 1.04 bits per heavy atom. The topological polar surface area (TPSA) is 31.4 Å². The molecule has 0 aromatic carbocycles. The fourth-order valence-corrected chi connectivity index (χ4v) is 4.59. The molecule has 1 atom stereocenters. The van der Waals surface area contributed by atoms with E-state index < -0.39 is 0 Å². The van der Waals surface area contributed by atoms with Crippen LogP contribution in [0.15, 0.2) is 12.1 Å². The Bertz CT molecular complexity index is 524. The van der Waals surface area contributed by atoms with Crippen LogP contribution in [-0.2, 0) is 0 Å². The predicted molar refractivity (Wildman–Crippen MR) is 95.2 cm³/mol. The quantitative estimate of drug-likeness (QED) is 0.929. The zero-order valence-corrected chi connectivity index (χ0v) is 14.4. The van der Waals surface area contributed by atoms with Gasteiger partial charge in [-0.25, -0.2) is 0 Å². The van der Waals surface area contributed by atoms with Crippen molar-refractivity contribution in [2.45, 2.75) is 51.0 Å². The van der Waals surface area contributed by atoms with Crippen LogP contribution in [0.1, 0.15) is 49.4 Å². The summed E-state index contributed by atoms with van der Waals surface area (Å²) in [6.45, 7) is 9.16. The van der Waals surface area contributed by atoms with Gasteiger partial charge < -0.3 is 10.2 Å². The number of hydrogen-bond donors (Lipinski definition) is 1. The Labute approximate surface area is 140 Å². The first kappa shape index (κ1) is 15.4. The summed E-state index contributed by atoms with van der Waals surface area (Å²) in [5, 5.41) is 3.47. The number of aryl methyl sites for hydroxylation is 1. The second kappa shape index (κ2) is 6.78. The van der Waals surface area contributed by atoms with E-state index in [0.29, 0.717) is 5.92 Å². The zero-order valence-electron chi connectivity index (χ0n) is 14.4. The molecule has 126 valence electrons. The van der Waals surface area contributed by atoms with Crippen LogP contribution in [0.25, 0.3) is 0 Å². The van der Waals surface area contributed by atoms with Crippen LogP contribution >= 0.6 is 0 Å². The van der Waals surface area contributed by atoms with Gasteiger partial charge in [0.2, 0.25) is 0 Å². The average molecular weight is 314 g/mol. The van der Waals surface area contributed by atoms with Crippen molar-refractivity contribution >= 4 is 5.69 Å². The molecule has 1 aliphatic carbocycles. The molecule has 0 spiro atoms. The number of rotatable bonds is 3. The molecular formula is C19H30N4. The van der Waals surface area contributed by atoms with E-state index in [-0.39, 0.29) is 0 Å². The average Bonchev–Trinajstić information content (AvgIpc) is 3.28. The third-order valence-electron chi connectivity index (χ3n) is 5.96. The third kappa shape index (κ3) is 3.38. The number of nitrogens with one attached hydrogen (secondary N) is 1. The molecule has 2 saturated heterocycles. The molecule has 3 fully saturated rings. The van der Waals surface area contributed by atoms with E-state index in [4.69, 9.17) is 4.98 Å². The highest BCUT2D eigenvalue weighted by molar-refractivity contribution is 5.49. The van der Waals surface area contributed by atoms with Gasteiger partial charge in [-0.2, -0.15) is 0 Å². The first-order chi connectivity index (χ1) is 11.3. The Morgan fingerprint density at radius 3 is 2.52 bits per heavy atom. The van der Waals surface area contributed by atoms with Crippen LogP contribution in [0.3, 0.4) is 0 Å². The van der Waals surface area contributed by atoms with E-state index in [2.05, 4.69) is 34.2 Å². The molecule has 0 radical (unpaired) electrons. The first-order valence-corrected chi connectivity index (χ1v) is 9.48. The summed E-state index contributed by atoms with van der Waals surface area (Å²) in [5.74, 6) is 0.605. The van der Waals surface area contributed by atoms with E-state index in [0.717, 1.165) is 19.1 Å². The number of anilines is 1. The summed E-state index contributed by atoms with van der Waals surface area (Å²) in [4.78, 5) is 10.1. The van der Waals surface area contributed by atoms with E-state index in [1.807, 2.05) is 0 Å². The lowest BCUT2D eigenvalue weighted by Crippen LogP contribution is -2.49. The van der Waals surface area contributed by atoms with Crippen molar-refractivity contribution in [1.29, 1.82) is 0 Å².